The second-order valence-corrected chi connectivity index (χ2v) is 6.09. The predicted molar refractivity (Wildman–Crippen MR) is 97.1 cm³/mol. The van der Waals surface area contributed by atoms with Gasteiger partial charge in [0.05, 0.1) is 13.2 Å². The largest absolute Gasteiger partial charge is 0.493 e. The maximum atomic E-state index is 11.5. The van der Waals surface area contributed by atoms with Crippen LogP contribution in [0.4, 0.5) is 0 Å². The molecule has 0 fully saturated rings. The zero-order valence-corrected chi connectivity index (χ0v) is 15.6. The summed E-state index contributed by atoms with van der Waals surface area (Å²) in [5.41, 5.74) is 0. The average Bonchev–Trinajstić information content (AvgIpc) is 2.61. The van der Waals surface area contributed by atoms with Crippen molar-refractivity contribution >= 4 is 17.7 Å². The van der Waals surface area contributed by atoms with Crippen molar-refractivity contribution in [2.45, 2.75) is 32.8 Å². The summed E-state index contributed by atoms with van der Waals surface area (Å²) < 4.78 is 22.1. The highest BCUT2D eigenvalue weighted by Crippen LogP contribution is 2.20. The Labute approximate surface area is 149 Å². The molecule has 0 spiro atoms. The van der Waals surface area contributed by atoms with Gasteiger partial charge in [0.2, 0.25) is 0 Å². The van der Waals surface area contributed by atoms with Crippen molar-refractivity contribution in [3.8, 4) is 11.5 Å². The van der Waals surface area contributed by atoms with Crippen LogP contribution in [0.3, 0.4) is 0 Å². The van der Waals surface area contributed by atoms with E-state index in [4.69, 9.17) is 18.9 Å². The molecule has 0 heterocycles. The molecule has 1 aromatic rings. The van der Waals surface area contributed by atoms with Crippen molar-refractivity contribution in [2.75, 3.05) is 38.4 Å². The van der Waals surface area contributed by atoms with Gasteiger partial charge in [-0.2, -0.15) is 11.8 Å². The lowest BCUT2D eigenvalue weighted by molar-refractivity contribution is -0.153. The van der Waals surface area contributed by atoms with Gasteiger partial charge in [-0.15, -0.1) is 0 Å². The molecule has 1 rings (SSSR count). The van der Waals surface area contributed by atoms with Gasteiger partial charge in [-0.3, -0.25) is 4.79 Å². The van der Waals surface area contributed by atoms with Crippen LogP contribution in [0.2, 0.25) is 0 Å². The highest BCUT2D eigenvalue weighted by molar-refractivity contribution is 7.98. The topological polar surface area (TPSA) is 54.0 Å². The van der Waals surface area contributed by atoms with Gasteiger partial charge in [0.15, 0.2) is 6.10 Å². The maximum absolute atomic E-state index is 11.5. The second kappa shape index (κ2) is 13.0. The third-order valence-corrected chi connectivity index (χ3v) is 3.79. The monoisotopic (exact) mass is 356 g/mol. The van der Waals surface area contributed by atoms with Crippen molar-refractivity contribution in [3.63, 3.8) is 0 Å². The summed E-state index contributed by atoms with van der Waals surface area (Å²) in [7, 11) is 0. The predicted octanol–water partition coefficient (Wildman–Crippen LogP) is 3.56. The molecule has 0 aliphatic heterocycles. The normalized spacial score (nSPS) is 11.8. The smallest absolute Gasteiger partial charge is 0.305 e. The average molecular weight is 356 g/mol. The van der Waals surface area contributed by atoms with Gasteiger partial charge in [-0.1, -0.05) is 13.0 Å². The number of hydrogen-bond acceptors (Lipinski definition) is 6. The Morgan fingerprint density at radius 1 is 1.17 bits per heavy atom. The van der Waals surface area contributed by atoms with Gasteiger partial charge in [0, 0.05) is 19.1 Å². The molecule has 0 aliphatic rings. The van der Waals surface area contributed by atoms with E-state index in [9.17, 15) is 4.79 Å². The summed E-state index contributed by atoms with van der Waals surface area (Å²) >= 11 is 1.81. The minimum absolute atomic E-state index is 0.252. The molecule has 1 unspecified atom stereocenters. The van der Waals surface area contributed by atoms with Gasteiger partial charge < -0.3 is 18.9 Å². The molecule has 0 saturated carbocycles. The van der Waals surface area contributed by atoms with E-state index in [1.54, 1.807) is 18.7 Å². The Bertz CT molecular complexity index is 466. The van der Waals surface area contributed by atoms with Gasteiger partial charge in [0.25, 0.3) is 0 Å². The van der Waals surface area contributed by atoms with Crippen molar-refractivity contribution in [1.29, 1.82) is 0 Å². The first-order chi connectivity index (χ1) is 11.7. The van der Waals surface area contributed by atoms with Gasteiger partial charge >= 0.3 is 5.97 Å². The molecule has 1 aromatic carbocycles. The van der Waals surface area contributed by atoms with Crippen LogP contribution in [0, 0.1) is 0 Å². The lowest BCUT2D eigenvalue weighted by Gasteiger charge is -2.18. The number of carbonyl (C=O) groups excluding carboxylic acids is 1. The molecule has 0 N–H and O–H groups in total. The van der Waals surface area contributed by atoms with Crippen LogP contribution in [-0.4, -0.2) is 50.5 Å². The van der Waals surface area contributed by atoms with Crippen molar-refractivity contribution in [1.82, 2.24) is 0 Å². The van der Waals surface area contributed by atoms with Crippen LogP contribution in [-0.2, 0) is 14.3 Å². The first-order valence-corrected chi connectivity index (χ1v) is 9.70. The lowest BCUT2D eigenvalue weighted by Crippen LogP contribution is -2.29. The molecule has 0 aromatic heterocycles. The molecule has 24 heavy (non-hydrogen) atoms. The minimum Gasteiger partial charge on any atom is -0.493 e. The molecular weight excluding hydrogens is 328 g/mol. The van der Waals surface area contributed by atoms with E-state index >= 15 is 0 Å². The van der Waals surface area contributed by atoms with E-state index in [0.717, 1.165) is 17.9 Å². The summed E-state index contributed by atoms with van der Waals surface area (Å²) in [6.07, 6.45) is 3.01. The number of rotatable bonds is 13. The zero-order chi connectivity index (χ0) is 17.6. The van der Waals surface area contributed by atoms with Gasteiger partial charge in [-0.25, -0.2) is 0 Å². The zero-order valence-electron chi connectivity index (χ0n) is 14.8. The fourth-order valence-corrected chi connectivity index (χ4v) is 2.28. The van der Waals surface area contributed by atoms with E-state index in [2.05, 4.69) is 6.26 Å². The Kier molecular flexibility index (Phi) is 11.1. The van der Waals surface area contributed by atoms with Crippen LogP contribution < -0.4 is 9.47 Å². The Morgan fingerprint density at radius 3 is 2.58 bits per heavy atom. The highest BCUT2D eigenvalue weighted by atomic mass is 32.2. The van der Waals surface area contributed by atoms with E-state index in [-0.39, 0.29) is 12.6 Å². The van der Waals surface area contributed by atoms with E-state index in [1.807, 2.05) is 31.2 Å². The molecule has 136 valence electrons. The molecule has 0 aliphatic carbocycles. The molecular formula is C18H28O5S. The Morgan fingerprint density at radius 2 is 1.92 bits per heavy atom. The molecule has 0 amide bonds. The standard InChI is InChI=1S/C18H28O5S/c1-4-18(19)23-17(13-20-5-2)14-22-16-9-6-8-15(12-16)21-10-7-11-24-3/h6,8-9,12,17H,4-5,7,10-11,13-14H2,1-3H3. The first-order valence-electron chi connectivity index (χ1n) is 8.31. The van der Waals surface area contributed by atoms with Crippen molar-refractivity contribution in [2.24, 2.45) is 0 Å². The molecule has 6 heteroatoms. The number of thioether (sulfide) groups is 1. The van der Waals surface area contributed by atoms with E-state index < -0.39 is 6.10 Å². The van der Waals surface area contributed by atoms with Gasteiger partial charge in [-0.05, 0) is 37.5 Å². The number of carbonyl (C=O) groups is 1. The fraction of sp³-hybridized carbons (Fsp3) is 0.611. The Hall–Kier alpha value is -1.40. The van der Waals surface area contributed by atoms with Gasteiger partial charge in [0.1, 0.15) is 18.1 Å². The number of ether oxygens (including phenoxy) is 4. The van der Waals surface area contributed by atoms with Crippen LogP contribution in [0.25, 0.3) is 0 Å². The quantitative estimate of drug-likeness (QED) is 0.398. The third kappa shape index (κ3) is 9.03. The van der Waals surface area contributed by atoms with E-state index in [0.29, 0.717) is 32.0 Å². The van der Waals surface area contributed by atoms with Crippen LogP contribution in [0.15, 0.2) is 24.3 Å². The summed E-state index contributed by atoms with van der Waals surface area (Å²) in [4.78, 5) is 11.5. The van der Waals surface area contributed by atoms with Crippen LogP contribution >= 0.6 is 11.8 Å². The SMILES string of the molecule is CCOCC(COc1cccc(OCCCSC)c1)OC(=O)CC. The number of benzene rings is 1. The minimum atomic E-state index is -0.413. The second-order valence-electron chi connectivity index (χ2n) is 5.11. The molecule has 0 bridgehead atoms. The fourth-order valence-electron chi connectivity index (χ4n) is 1.87. The lowest BCUT2D eigenvalue weighted by atomic mass is 10.3. The highest BCUT2D eigenvalue weighted by Gasteiger charge is 2.15. The van der Waals surface area contributed by atoms with Crippen molar-refractivity contribution in [3.05, 3.63) is 24.3 Å². The molecule has 0 saturated heterocycles. The summed E-state index contributed by atoms with van der Waals surface area (Å²) in [6, 6.07) is 7.49. The van der Waals surface area contributed by atoms with E-state index in [1.165, 1.54) is 0 Å². The number of hydrogen-bond donors (Lipinski definition) is 0. The number of esters is 1. The molecule has 5 nitrogen and oxygen atoms in total. The van der Waals surface area contributed by atoms with Crippen LogP contribution in [0.5, 0.6) is 11.5 Å². The summed E-state index contributed by atoms with van der Waals surface area (Å²) in [6.45, 7) is 5.50. The summed E-state index contributed by atoms with van der Waals surface area (Å²) in [5, 5.41) is 0. The molecule has 0 radical (unpaired) electrons. The maximum Gasteiger partial charge on any atom is 0.305 e. The van der Waals surface area contributed by atoms with Crippen LogP contribution in [0.1, 0.15) is 26.7 Å². The Balaban J connectivity index is 2.48. The third-order valence-electron chi connectivity index (χ3n) is 3.10. The first kappa shape index (κ1) is 20.6. The summed E-state index contributed by atoms with van der Waals surface area (Å²) in [5.74, 6) is 2.29. The molecule has 1 atom stereocenters. The van der Waals surface area contributed by atoms with Crippen molar-refractivity contribution < 1.29 is 23.7 Å².